The van der Waals surface area contributed by atoms with Crippen molar-refractivity contribution in [3.05, 3.63) is 76.3 Å². The number of anilines is 1. The molecule has 0 amide bonds. The number of aromatic nitrogens is 3. The largest absolute Gasteiger partial charge is 0.349 e. The van der Waals surface area contributed by atoms with Crippen molar-refractivity contribution in [2.75, 3.05) is 5.32 Å². The van der Waals surface area contributed by atoms with Crippen LogP contribution in [0.3, 0.4) is 0 Å². The second-order valence-electron chi connectivity index (χ2n) is 7.36. The van der Waals surface area contributed by atoms with E-state index in [4.69, 9.17) is 4.98 Å². The summed E-state index contributed by atoms with van der Waals surface area (Å²) in [6, 6.07) is 12.6. The summed E-state index contributed by atoms with van der Waals surface area (Å²) in [5, 5.41) is 3.29. The molecule has 1 aliphatic heterocycles. The summed E-state index contributed by atoms with van der Waals surface area (Å²) in [4.78, 5) is 34.7. The molecule has 0 saturated heterocycles. The summed E-state index contributed by atoms with van der Waals surface area (Å²) in [6.07, 6.45) is 3.32. The van der Waals surface area contributed by atoms with E-state index in [1.165, 1.54) is 0 Å². The average Bonchev–Trinajstić information content (AvgIpc) is 3.00. The van der Waals surface area contributed by atoms with Gasteiger partial charge in [-0.15, -0.1) is 0 Å². The van der Waals surface area contributed by atoms with Gasteiger partial charge in [0, 0.05) is 29.9 Å². The molecule has 27 heavy (non-hydrogen) atoms. The maximum atomic E-state index is 13.2. The maximum absolute atomic E-state index is 13.2. The lowest BCUT2D eigenvalue weighted by atomic mass is 10.00. The first-order valence-electron chi connectivity index (χ1n) is 8.85. The van der Waals surface area contributed by atoms with Crippen molar-refractivity contribution in [3.8, 4) is 11.3 Å². The molecule has 0 spiro atoms. The highest BCUT2D eigenvalue weighted by Crippen LogP contribution is 2.27. The molecule has 2 aromatic heterocycles. The van der Waals surface area contributed by atoms with Crippen LogP contribution >= 0.6 is 0 Å². The van der Waals surface area contributed by atoms with Crippen molar-refractivity contribution in [1.29, 1.82) is 0 Å². The fourth-order valence-electron chi connectivity index (χ4n) is 3.37. The van der Waals surface area contributed by atoms with Crippen LogP contribution in [-0.2, 0) is 13.0 Å². The van der Waals surface area contributed by atoms with E-state index < -0.39 is 0 Å². The lowest BCUT2D eigenvalue weighted by Crippen LogP contribution is -2.30. The number of carbonyl (C=O) groups excluding carboxylic acids is 1. The van der Waals surface area contributed by atoms with E-state index in [1.807, 2.05) is 32.0 Å². The number of fused-ring (bicyclic) bond motifs is 1. The molecule has 0 aliphatic carbocycles. The Morgan fingerprint density at radius 2 is 1.85 bits per heavy atom. The van der Waals surface area contributed by atoms with Crippen LogP contribution in [0.4, 0.5) is 5.95 Å². The molecule has 136 valence electrons. The van der Waals surface area contributed by atoms with Crippen LogP contribution in [0.5, 0.6) is 0 Å². The molecule has 6 heteroatoms. The molecule has 1 N–H and O–H groups in total. The number of nitrogens with one attached hydrogen (secondary N) is 1. The van der Waals surface area contributed by atoms with Crippen LogP contribution in [0.15, 0.2) is 59.7 Å². The zero-order chi connectivity index (χ0) is 19.0. The van der Waals surface area contributed by atoms with Gasteiger partial charge in [-0.05, 0) is 26.0 Å². The summed E-state index contributed by atoms with van der Waals surface area (Å²) in [7, 11) is 0. The minimum atomic E-state index is -0.267. The Morgan fingerprint density at radius 1 is 1.15 bits per heavy atom. The predicted molar refractivity (Wildman–Crippen MR) is 104 cm³/mol. The van der Waals surface area contributed by atoms with Crippen molar-refractivity contribution in [2.24, 2.45) is 0 Å². The van der Waals surface area contributed by atoms with E-state index in [0.29, 0.717) is 29.3 Å². The Bertz CT molecular complexity index is 1060. The third kappa shape index (κ3) is 3.26. The zero-order valence-corrected chi connectivity index (χ0v) is 15.3. The number of hydrogen-bond acceptors (Lipinski definition) is 5. The van der Waals surface area contributed by atoms with E-state index in [2.05, 4.69) is 10.3 Å². The topological polar surface area (TPSA) is 76.9 Å². The minimum Gasteiger partial charge on any atom is -0.349 e. The van der Waals surface area contributed by atoms with Gasteiger partial charge in [0.2, 0.25) is 5.95 Å². The third-order valence-corrected chi connectivity index (χ3v) is 4.65. The first-order chi connectivity index (χ1) is 12.9. The number of Topliss-reactive ketones (excluding diaryl/α,β-unsaturated/α-hetero) is 1. The van der Waals surface area contributed by atoms with E-state index in [-0.39, 0.29) is 23.3 Å². The van der Waals surface area contributed by atoms with Gasteiger partial charge in [-0.3, -0.25) is 19.1 Å². The Labute approximate surface area is 156 Å². The van der Waals surface area contributed by atoms with Gasteiger partial charge in [-0.25, -0.2) is 4.98 Å². The molecular formula is C21H20N4O2. The van der Waals surface area contributed by atoms with E-state index >= 15 is 0 Å². The van der Waals surface area contributed by atoms with Gasteiger partial charge in [-0.1, -0.05) is 30.3 Å². The first-order valence-corrected chi connectivity index (χ1v) is 8.85. The Hall–Kier alpha value is -3.28. The highest BCUT2D eigenvalue weighted by molar-refractivity contribution is 5.98. The van der Waals surface area contributed by atoms with Crippen LogP contribution in [0.25, 0.3) is 11.3 Å². The van der Waals surface area contributed by atoms with E-state index in [1.54, 1.807) is 41.2 Å². The molecule has 6 nitrogen and oxygen atoms in total. The van der Waals surface area contributed by atoms with E-state index in [0.717, 1.165) is 5.56 Å². The van der Waals surface area contributed by atoms with Gasteiger partial charge in [0.1, 0.15) is 0 Å². The summed E-state index contributed by atoms with van der Waals surface area (Å²) >= 11 is 0. The molecule has 1 aliphatic rings. The molecule has 3 heterocycles. The van der Waals surface area contributed by atoms with Crippen LogP contribution in [0.1, 0.15) is 29.8 Å². The highest BCUT2D eigenvalue weighted by Gasteiger charge is 2.32. The second-order valence-corrected chi connectivity index (χ2v) is 7.36. The van der Waals surface area contributed by atoms with Gasteiger partial charge >= 0.3 is 0 Å². The van der Waals surface area contributed by atoms with Gasteiger partial charge in [-0.2, -0.15) is 0 Å². The zero-order valence-electron chi connectivity index (χ0n) is 15.3. The second kappa shape index (κ2) is 6.46. The Kier molecular flexibility index (Phi) is 4.11. The molecule has 3 aromatic rings. The number of benzene rings is 1. The molecule has 0 fully saturated rings. The van der Waals surface area contributed by atoms with Crippen molar-refractivity contribution in [2.45, 2.75) is 32.4 Å². The van der Waals surface area contributed by atoms with Crippen molar-refractivity contribution in [1.82, 2.24) is 14.5 Å². The predicted octanol–water partition coefficient (Wildman–Crippen LogP) is 2.93. The monoisotopic (exact) mass is 360 g/mol. The summed E-state index contributed by atoms with van der Waals surface area (Å²) in [5.41, 5.74) is 1.86. The first kappa shape index (κ1) is 17.1. The highest BCUT2D eigenvalue weighted by atomic mass is 16.1. The van der Waals surface area contributed by atoms with Crippen LogP contribution in [0, 0.1) is 0 Å². The quantitative estimate of drug-likeness (QED) is 0.724. The van der Waals surface area contributed by atoms with Crippen LogP contribution in [0.2, 0.25) is 0 Å². The van der Waals surface area contributed by atoms with Gasteiger partial charge in [0.25, 0.3) is 5.56 Å². The SMILES string of the molecule is CC1(C)Cn2c(nc(-c3ccncc3)c(CC(=O)c3ccccc3)c2=O)N1. The third-order valence-electron chi connectivity index (χ3n) is 4.65. The molecular weight excluding hydrogens is 340 g/mol. The van der Waals surface area contributed by atoms with Gasteiger partial charge < -0.3 is 5.32 Å². The maximum Gasteiger partial charge on any atom is 0.259 e. The number of pyridine rings is 1. The van der Waals surface area contributed by atoms with E-state index in [9.17, 15) is 9.59 Å². The fourth-order valence-corrected chi connectivity index (χ4v) is 3.37. The summed E-state index contributed by atoms with van der Waals surface area (Å²) in [5.74, 6) is 0.434. The normalized spacial score (nSPS) is 14.4. The lowest BCUT2D eigenvalue weighted by Gasteiger charge is -2.15. The minimum absolute atomic E-state index is 0.00815. The van der Waals surface area contributed by atoms with Gasteiger partial charge in [0.15, 0.2) is 5.78 Å². The molecule has 4 rings (SSSR count). The number of carbonyl (C=O) groups is 1. The molecule has 0 radical (unpaired) electrons. The number of nitrogens with zero attached hydrogens (tertiary/aromatic N) is 3. The average molecular weight is 360 g/mol. The fraction of sp³-hybridized carbons (Fsp3) is 0.238. The van der Waals surface area contributed by atoms with Crippen molar-refractivity contribution >= 4 is 11.7 Å². The summed E-state index contributed by atoms with van der Waals surface area (Å²) < 4.78 is 1.62. The van der Waals surface area contributed by atoms with Gasteiger partial charge in [0.05, 0.1) is 23.3 Å². The van der Waals surface area contributed by atoms with Crippen molar-refractivity contribution < 1.29 is 4.79 Å². The molecule has 0 saturated carbocycles. The lowest BCUT2D eigenvalue weighted by molar-refractivity contribution is 0.0992. The Balaban J connectivity index is 1.85. The number of ketones is 1. The molecule has 0 unspecified atom stereocenters. The molecule has 0 bridgehead atoms. The number of rotatable bonds is 4. The summed E-state index contributed by atoms with van der Waals surface area (Å²) in [6.45, 7) is 4.54. The Morgan fingerprint density at radius 3 is 2.56 bits per heavy atom. The molecule has 0 atom stereocenters. The standard InChI is InChI=1S/C21H20N4O2/c1-21(2)13-25-19(27)16(12-17(26)14-6-4-3-5-7-14)18(23-20(25)24-21)15-8-10-22-11-9-15/h3-11H,12-13H2,1-2H3,(H,23,24). The smallest absolute Gasteiger partial charge is 0.259 e. The van der Waals surface area contributed by atoms with Crippen LogP contribution < -0.4 is 10.9 Å². The number of hydrogen-bond donors (Lipinski definition) is 1. The molecule has 1 aromatic carbocycles. The van der Waals surface area contributed by atoms with Crippen LogP contribution in [-0.4, -0.2) is 25.9 Å². The van der Waals surface area contributed by atoms with Crippen molar-refractivity contribution in [3.63, 3.8) is 0 Å².